The Bertz CT molecular complexity index is 1230. The van der Waals surface area contributed by atoms with Crippen molar-refractivity contribution in [1.82, 2.24) is 0 Å². The Morgan fingerprint density at radius 1 is 0.806 bits per heavy atom. The number of hydrogen-bond donors (Lipinski definition) is 0. The summed E-state index contributed by atoms with van der Waals surface area (Å²) in [4.78, 5) is 0. The summed E-state index contributed by atoms with van der Waals surface area (Å²) >= 11 is -4.40. The van der Waals surface area contributed by atoms with Crippen LogP contribution in [0.15, 0.2) is 84.4 Å². The summed E-state index contributed by atoms with van der Waals surface area (Å²) in [7, 11) is 16.1. The van der Waals surface area contributed by atoms with Gasteiger partial charge >= 0.3 is 196 Å². The molecule has 2 aliphatic carbocycles. The molecule has 0 fully saturated rings. The maximum absolute atomic E-state index is 8.04. The van der Waals surface area contributed by atoms with Gasteiger partial charge in [0.1, 0.15) is 0 Å². The van der Waals surface area contributed by atoms with E-state index in [1.165, 1.54) is 39.0 Å². The minimum atomic E-state index is -4.40. The first-order chi connectivity index (χ1) is 14.8. The predicted molar refractivity (Wildman–Crippen MR) is 137 cm³/mol. The first kappa shape index (κ1) is 21.7. The molecule has 0 heterocycles. The van der Waals surface area contributed by atoms with Gasteiger partial charge in [0.15, 0.2) is 0 Å². The van der Waals surface area contributed by atoms with Crippen molar-refractivity contribution in [3.63, 3.8) is 0 Å². The second kappa shape index (κ2) is 7.70. The molecule has 0 aromatic heterocycles. The molecule has 4 heteroatoms. The van der Waals surface area contributed by atoms with Gasteiger partial charge in [-0.25, -0.2) is 0 Å². The van der Waals surface area contributed by atoms with E-state index in [1.54, 1.807) is 0 Å². The summed E-state index contributed by atoms with van der Waals surface area (Å²) in [5.74, 6) is -1.42. The quantitative estimate of drug-likeness (QED) is 0.290. The second-order valence-corrected chi connectivity index (χ2v) is 52.0. The predicted octanol–water partition coefficient (Wildman–Crippen LogP) is 8.56. The van der Waals surface area contributed by atoms with E-state index in [4.69, 9.17) is 17.0 Å². The molecule has 2 atom stereocenters. The van der Waals surface area contributed by atoms with Gasteiger partial charge in [0.05, 0.1) is 0 Å². The number of fused-ring (bicyclic) bond motifs is 2. The molecule has 0 aliphatic heterocycles. The van der Waals surface area contributed by atoms with Crippen LogP contribution in [0.2, 0.25) is 13.1 Å². The summed E-state index contributed by atoms with van der Waals surface area (Å²) < 4.78 is 0.336. The second-order valence-electron chi connectivity index (χ2n) is 9.34. The molecule has 0 bridgehead atoms. The fourth-order valence-electron chi connectivity index (χ4n) is 5.76. The van der Waals surface area contributed by atoms with Gasteiger partial charge in [0.2, 0.25) is 0 Å². The van der Waals surface area contributed by atoms with Gasteiger partial charge in [0.25, 0.3) is 0 Å². The van der Waals surface area contributed by atoms with Crippen LogP contribution in [-0.2, 0) is 15.6 Å². The average Bonchev–Trinajstić information content (AvgIpc) is 3.35. The Kier molecular flexibility index (Phi) is 5.38. The van der Waals surface area contributed by atoms with E-state index < -0.39 is 21.5 Å². The summed E-state index contributed by atoms with van der Waals surface area (Å²) in [6.45, 7) is 7.01. The van der Waals surface area contributed by atoms with Crippen molar-refractivity contribution in [3.8, 4) is 11.1 Å². The SMILES string of the molecule is CC1=Cc2c(-c3ccccc3)cccc2[CH]1[Zr]([Cl])([Cl])([CH]1C=Cc2ccccc21)[SiH](C)C. The zero-order valence-electron chi connectivity index (χ0n) is 18.1. The van der Waals surface area contributed by atoms with E-state index in [-0.39, 0.29) is 7.25 Å². The molecular formula is C27H27Cl2SiZr. The molecule has 2 aliphatic rings. The summed E-state index contributed by atoms with van der Waals surface area (Å²) in [6.07, 6.45) is 6.93. The zero-order valence-corrected chi connectivity index (χ0v) is 23.3. The van der Waals surface area contributed by atoms with Crippen LogP contribution in [0.4, 0.5) is 0 Å². The molecule has 0 saturated heterocycles. The number of rotatable bonds is 4. The van der Waals surface area contributed by atoms with Crippen LogP contribution in [0.3, 0.4) is 0 Å². The molecule has 0 nitrogen and oxygen atoms in total. The number of allylic oxidation sites excluding steroid dienone is 2. The number of halogens is 2. The molecule has 0 N–H and O–H groups in total. The van der Waals surface area contributed by atoms with Crippen molar-refractivity contribution >= 4 is 35.1 Å². The van der Waals surface area contributed by atoms with E-state index in [1.807, 2.05) is 0 Å². The van der Waals surface area contributed by atoms with Crippen LogP contribution in [0.5, 0.6) is 0 Å². The van der Waals surface area contributed by atoms with Crippen molar-refractivity contribution < 1.29 is 15.6 Å². The summed E-state index contributed by atoms with van der Waals surface area (Å²) in [6, 6.07) is 26.0. The molecule has 0 saturated carbocycles. The Labute approximate surface area is 194 Å². The van der Waals surface area contributed by atoms with Crippen LogP contribution in [0.25, 0.3) is 23.3 Å². The Morgan fingerprint density at radius 2 is 1.48 bits per heavy atom. The van der Waals surface area contributed by atoms with Crippen molar-refractivity contribution in [2.75, 3.05) is 0 Å². The van der Waals surface area contributed by atoms with Crippen molar-refractivity contribution in [2.24, 2.45) is 0 Å². The van der Waals surface area contributed by atoms with Crippen LogP contribution >= 0.6 is 17.0 Å². The average molecular weight is 542 g/mol. The molecule has 3 aromatic carbocycles. The minimum absolute atomic E-state index is 0.163. The van der Waals surface area contributed by atoms with Crippen LogP contribution in [0.1, 0.15) is 36.4 Å². The first-order valence-electron chi connectivity index (χ1n) is 11.0. The van der Waals surface area contributed by atoms with Gasteiger partial charge in [-0.1, -0.05) is 0 Å². The number of hydrogen-bond acceptors (Lipinski definition) is 0. The van der Waals surface area contributed by atoms with Gasteiger partial charge in [0, 0.05) is 0 Å². The molecular weight excluding hydrogens is 515 g/mol. The zero-order chi connectivity index (χ0) is 21.8. The molecule has 3 aromatic rings. The van der Waals surface area contributed by atoms with Gasteiger partial charge in [-0.15, -0.1) is 0 Å². The van der Waals surface area contributed by atoms with E-state index >= 15 is 0 Å². The Hall–Kier alpha value is -1.18. The molecule has 2 unspecified atom stereocenters. The third-order valence-corrected chi connectivity index (χ3v) is 59.6. The van der Waals surface area contributed by atoms with Crippen molar-refractivity contribution in [2.45, 2.75) is 27.3 Å². The standard InChI is InChI=1S/C16H13.C9H7.C2H7Si.2ClH.Zr/c1-12-10-14-8-5-9-15(16(14)11-12)13-6-3-2-4-7-13;1-2-5-9-7-3-6-8(9)4-1;1-3-2;;;/h2-11H,1H3;1-7H;3H,1-2H3;2*1H;/q;;;;;+2/p-2. The summed E-state index contributed by atoms with van der Waals surface area (Å²) in [5.41, 5.74) is 9.12. The van der Waals surface area contributed by atoms with Gasteiger partial charge < -0.3 is 0 Å². The fourth-order valence-corrected chi connectivity index (χ4v) is 35.9. The third kappa shape index (κ3) is 3.17. The van der Waals surface area contributed by atoms with Gasteiger partial charge in [-0.2, -0.15) is 0 Å². The molecule has 31 heavy (non-hydrogen) atoms. The molecule has 0 spiro atoms. The fraction of sp³-hybridized carbons (Fsp3) is 0.185. The van der Waals surface area contributed by atoms with E-state index in [0.717, 1.165) is 0 Å². The number of benzene rings is 3. The van der Waals surface area contributed by atoms with Gasteiger partial charge in [-0.05, 0) is 0 Å². The summed E-state index contributed by atoms with van der Waals surface area (Å²) in [5, 5.41) is 0. The normalized spacial score (nSPS) is 20.8. The Morgan fingerprint density at radius 3 is 2.23 bits per heavy atom. The first-order valence-corrected chi connectivity index (χ1v) is 27.3. The van der Waals surface area contributed by atoms with Crippen LogP contribution in [-0.4, -0.2) is 5.92 Å². The van der Waals surface area contributed by atoms with Crippen molar-refractivity contribution in [3.05, 3.63) is 107 Å². The van der Waals surface area contributed by atoms with E-state index in [2.05, 4.69) is 111 Å². The van der Waals surface area contributed by atoms with Crippen LogP contribution < -0.4 is 0 Å². The van der Waals surface area contributed by atoms with E-state index in [0.29, 0.717) is 0 Å². The topological polar surface area (TPSA) is 0 Å². The van der Waals surface area contributed by atoms with Crippen molar-refractivity contribution in [1.29, 1.82) is 0 Å². The van der Waals surface area contributed by atoms with Gasteiger partial charge in [-0.3, -0.25) is 0 Å². The maximum atomic E-state index is 8.04. The monoisotopic (exact) mass is 539 g/mol. The van der Waals surface area contributed by atoms with E-state index in [9.17, 15) is 0 Å². The molecule has 5 rings (SSSR count). The molecule has 0 radical (unpaired) electrons. The van der Waals surface area contributed by atoms with Crippen LogP contribution in [0, 0.1) is 0 Å². The molecule has 157 valence electrons. The third-order valence-electron chi connectivity index (χ3n) is 7.41. The Balaban J connectivity index is 1.72. The molecule has 0 amide bonds.